The molecule has 72 valence electrons. The highest BCUT2D eigenvalue weighted by molar-refractivity contribution is 9.10. The van der Waals surface area contributed by atoms with E-state index in [0.717, 1.165) is 0 Å². The Labute approximate surface area is 87.2 Å². The van der Waals surface area contributed by atoms with Crippen molar-refractivity contribution in [2.24, 2.45) is 5.73 Å². The van der Waals surface area contributed by atoms with Gasteiger partial charge in [-0.25, -0.2) is 8.78 Å². The van der Waals surface area contributed by atoms with E-state index in [1.54, 1.807) is 0 Å². The molecule has 0 aliphatic carbocycles. The predicted octanol–water partition coefficient (Wildman–Crippen LogP) is 2.89. The van der Waals surface area contributed by atoms with Crippen molar-refractivity contribution < 1.29 is 8.78 Å². The third-order valence-corrected chi connectivity index (χ3v) is 2.55. The summed E-state index contributed by atoms with van der Waals surface area (Å²) in [7, 11) is 0. The number of nitrogens with zero attached hydrogens (tertiary/aromatic N) is 1. The van der Waals surface area contributed by atoms with E-state index < -0.39 is 6.43 Å². The molecular formula is C7H6BrClF2N2. The lowest BCUT2D eigenvalue weighted by atomic mass is 10.2. The quantitative estimate of drug-likeness (QED) is 0.898. The minimum atomic E-state index is -2.63. The Morgan fingerprint density at radius 2 is 2.23 bits per heavy atom. The van der Waals surface area contributed by atoms with Crippen molar-refractivity contribution >= 4 is 27.5 Å². The van der Waals surface area contributed by atoms with Crippen LogP contribution in [0.4, 0.5) is 8.78 Å². The van der Waals surface area contributed by atoms with Gasteiger partial charge in [0.1, 0.15) is 0 Å². The van der Waals surface area contributed by atoms with Gasteiger partial charge in [-0.2, -0.15) is 0 Å². The molecule has 0 unspecified atom stereocenters. The first-order chi connectivity index (χ1) is 6.07. The van der Waals surface area contributed by atoms with Crippen molar-refractivity contribution in [2.75, 3.05) is 0 Å². The molecular weight excluding hydrogens is 265 g/mol. The summed E-state index contributed by atoms with van der Waals surface area (Å²) in [6, 6.07) is 0. The Morgan fingerprint density at radius 1 is 1.62 bits per heavy atom. The number of rotatable bonds is 2. The van der Waals surface area contributed by atoms with Crippen LogP contribution < -0.4 is 5.73 Å². The van der Waals surface area contributed by atoms with Gasteiger partial charge < -0.3 is 5.73 Å². The molecule has 0 saturated heterocycles. The van der Waals surface area contributed by atoms with E-state index in [4.69, 9.17) is 17.3 Å². The minimum absolute atomic E-state index is 0.0475. The minimum Gasteiger partial charge on any atom is -0.325 e. The highest BCUT2D eigenvalue weighted by atomic mass is 79.9. The van der Waals surface area contributed by atoms with E-state index in [1.165, 1.54) is 6.20 Å². The molecule has 0 radical (unpaired) electrons. The summed E-state index contributed by atoms with van der Waals surface area (Å²) in [6.07, 6.45) is -1.36. The van der Waals surface area contributed by atoms with Gasteiger partial charge in [-0.1, -0.05) is 11.6 Å². The molecule has 0 saturated carbocycles. The molecule has 1 heterocycles. The zero-order valence-corrected chi connectivity index (χ0v) is 8.74. The molecule has 2 nitrogen and oxygen atoms in total. The second-order valence-electron chi connectivity index (χ2n) is 2.29. The summed E-state index contributed by atoms with van der Waals surface area (Å²) < 4.78 is 25.0. The Morgan fingerprint density at radius 3 is 2.69 bits per heavy atom. The normalized spacial score (nSPS) is 10.9. The largest absolute Gasteiger partial charge is 0.325 e. The van der Waals surface area contributed by atoms with Crippen LogP contribution in [0.3, 0.4) is 0 Å². The molecule has 1 aromatic heterocycles. The summed E-state index contributed by atoms with van der Waals surface area (Å²) in [6.45, 7) is 0.0475. The van der Waals surface area contributed by atoms with Crippen molar-refractivity contribution in [3.05, 3.63) is 26.9 Å². The van der Waals surface area contributed by atoms with Crippen LogP contribution in [0.2, 0.25) is 5.02 Å². The third kappa shape index (κ3) is 2.15. The van der Waals surface area contributed by atoms with Crippen molar-refractivity contribution in [3.63, 3.8) is 0 Å². The van der Waals surface area contributed by atoms with Crippen LogP contribution in [0.1, 0.15) is 17.7 Å². The molecule has 0 amide bonds. The van der Waals surface area contributed by atoms with Crippen molar-refractivity contribution in [1.82, 2.24) is 4.98 Å². The van der Waals surface area contributed by atoms with Crippen LogP contribution >= 0.6 is 27.5 Å². The Hall–Kier alpha value is -0.260. The van der Waals surface area contributed by atoms with Gasteiger partial charge in [0.15, 0.2) is 0 Å². The van der Waals surface area contributed by atoms with Crippen LogP contribution in [0.5, 0.6) is 0 Å². The number of nitrogens with two attached hydrogens (primary N) is 1. The summed E-state index contributed by atoms with van der Waals surface area (Å²) in [5, 5.41) is -0.0631. The highest BCUT2D eigenvalue weighted by Gasteiger charge is 2.18. The number of aromatic nitrogens is 1. The molecule has 0 bridgehead atoms. The Kier molecular flexibility index (Phi) is 3.58. The Bertz CT molecular complexity index is 320. The lowest BCUT2D eigenvalue weighted by molar-refractivity contribution is 0.150. The van der Waals surface area contributed by atoms with Crippen LogP contribution in [-0.4, -0.2) is 4.98 Å². The smallest absolute Gasteiger partial charge is 0.266 e. The summed E-state index contributed by atoms with van der Waals surface area (Å²) >= 11 is 8.60. The van der Waals surface area contributed by atoms with E-state index in [0.29, 0.717) is 0 Å². The van der Waals surface area contributed by atoms with E-state index >= 15 is 0 Å². The number of alkyl halides is 2. The first-order valence-electron chi connectivity index (χ1n) is 3.39. The van der Waals surface area contributed by atoms with E-state index in [9.17, 15) is 8.78 Å². The second-order valence-corrected chi connectivity index (χ2v) is 3.52. The molecule has 1 rings (SSSR count). The summed E-state index contributed by atoms with van der Waals surface area (Å²) in [5.74, 6) is 0. The molecule has 0 aliphatic heterocycles. The first kappa shape index (κ1) is 10.8. The number of pyridine rings is 1. The van der Waals surface area contributed by atoms with Crippen LogP contribution in [-0.2, 0) is 6.54 Å². The van der Waals surface area contributed by atoms with Gasteiger partial charge in [0.2, 0.25) is 0 Å². The highest BCUT2D eigenvalue weighted by Crippen LogP contribution is 2.34. The zero-order valence-electron chi connectivity index (χ0n) is 6.40. The van der Waals surface area contributed by atoms with Gasteiger partial charge in [-0.15, -0.1) is 0 Å². The maximum absolute atomic E-state index is 12.4. The molecule has 0 aliphatic rings. The maximum Gasteiger partial charge on any atom is 0.266 e. The van der Waals surface area contributed by atoms with Crippen LogP contribution in [0.25, 0.3) is 0 Å². The Balaban J connectivity index is 3.30. The van der Waals surface area contributed by atoms with Gasteiger partial charge in [0.05, 0.1) is 16.3 Å². The fourth-order valence-electron chi connectivity index (χ4n) is 0.863. The van der Waals surface area contributed by atoms with Crippen LogP contribution in [0, 0.1) is 0 Å². The average molecular weight is 271 g/mol. The van der Waals surface area contributed by atoms with E-state index in [2.05, 4.69) is 20.9 Å². The standard InChI is InChI=1S/C7H6BrClF2N2/c8-3-2-13-4(1-12)6(9)5(3)7(10)11/h2,7H,1,12H2. The van der Waals surface area contributed by atoms with Gasteiger partial charge >= 0.3 is 0 Å². The predicted molar refractivity (Wildman–Crippen MR) is 49.8 cm³/mol. The maximum atomic E-state index is 12.4. The van der Waals surface area contributed by atoms with Crippen molar-refractivity contribution in [2.45, 2.75) is 13.0 Å². The number of hydrogen-bond donors (Lipinski definition) is 1. The van der Waals surface area contributed by atoms with Crippen LogP contribution in [0.15, 0.2) is 10.7 Å². The van der Waals surface area contributed by atoms with Crippen molar-refractivity contribution in [1.29, 1.82) is 0 Å². The lowest BCUT2D eigenvalue weighted by Gasteiger charge is -2.08. The molecule has 2 N–H and O–H groups in total. The third-order valence-electron chi connectivity index (χ3n) is 1.49. The number of halogens is 4. The fourth-order valence-corrected chi connectivity index (χ4v) is 1.76. The van der Waals surface area contributed by atoms with E-state index in [-0.39, 0.29) is 27.3 Å². The zero-order chi connectivity index (χ0) is 10.0. The lowest BCUT2D eigenvalue weighted by Crippen LogP contribution is -2.03. The SMILES string of the molecule is NCc1ncc(Br)c(C(F)F)c1Cl. The average Bonchev–Trinajstić information content (AvgIpc) is 2.04. The van der Waals surface area contributed by atoms with Gasteiger partial charge in [0.25, 0.3) is 6.43 Å². The summed E-state index contributed by atoms with van der Waals surface area (Å²) in [4.78, 5) is 3.80. The molecule has 13 heavy (non-hydrogen) atoms. The van der Waals surface area contributed by atoms with Crippen molar-refractivity contribution in [3.8, 4) is 0 Å². The molecule has 0 atom stereocenters. The molecule has 0 fully saturated rings. The second kappa shape index (κ2) is 4.30. The molecule has 0 aromatic carbocycles. The summed E-state index contributed by atoms with van der Waals surface area (Å²) in [5.41, 5.74) is 5.29. The van der Waals surface area contributed by atoms with Gasteiger partial charge in [0, 0.05) is 17.2 Å². The molecule has 1 aromatic rings. The first-order valence-corrected chi connectivity index (χ1v) is 4.56. The van der Waals surface area contributed by atoms with E-state index in [1.807, 2.05) is 0 Å². The molecule has 0 spiro atoms. The topological polar surface area (TPSA) is 38.9 Å². The fraction of sp³-hybridized carbons (Fsp3) is 0.286. The molecule has 6 heteroatoms. The van der Waals surface area contributed by atoms with Gasteiger partial charge in [-0.05, 0) is 15.9 Å². The monoisotopic (exact) mass is 270 g/mol. The number of hydrogen-bond acceptors (Lipinski definition) is 2. The van der Waals surface area contributed by atoms with Gasteiger partial charge in [-0.3, -0.25) is 4.98 Å².